The summed E-state index contributed by atoms with van der Waals surface area (Å²) in [5, 5.41) is 37.4. The van der Waals surface area contributed by atoms with Crippen LogP contribution in [0.4, 0.5) is 26.3 Å². The molecule has 1 aliphatic rings. The topological polar surface area (TPSA) is 340 Å². The van der Waals surface area contributed by atoms with Crippen molar-refractivity contribution < 1.29 is 70.4 Å². The second-order valence-corrected chi connectivity index (χ2v) is 14.7. The molecule has 0 saturated carbocycles. The van der Waals surface area contributed by atoms with Gasteiger partial charge in [-0.15, -0.1) is 0 Å². The van der Waals surface area contributed by atoms with Crippen LogP contribution in [-0.2, 0) is 41.6 Å². The number of carboxylic acid groups (broad SMARTS) is 2. The van der Waals surface area contributed by atoms with Gasteiger partial charge in [0.1, 0.15) is 17.8 Å². The number of hydrogen-bond donors (Lipinski definition) is 11. The van der Waals surface area contributed by atoms with E-state index in [0.717, 1.165) is 21.9 Å². The second kappa shape index (κ2) is 26.4. The van der Waals surface area contributed by atoms with Gasteiger partial charge in [-0.05, 0) is 73.1 Å². The average Bonchev–Trinajstić information content (AvgIpc) is 3.24. The van der Waals surface area contributed by atoms with Crippen LogP contribution >= 0.6 is 0 Å². The van der Waals surface area contributed by atoms with Gasteiger partial charge >= 0.3 is 24.3 Å². The van der Waals surface area contributed by atoms with Gasteiger partial charge in [0.15, 0.2) is 11.9 Å². The number of carbonyl (C=O) groups is 6. The Morgan fingerprint density at radius 2 is 1.19 bits per heavy atom. The maximum absolute atomic E-state index is 14.1. The zero-order valence-corrected chi connectivity index (χ0v) is 35.9. The van der Waals surface area contributed by atoms with Crippen LogP contribution in [0.3, 0.4) is 0 Å². The number of nitrogens with one attached hydrogen (secondary N) is 4. The first-order valence-electron chi connectivity index (χ1n) is 20.1. The fourth-order valence-corrected chi connectivity index (χ4v) is 6.20. The summed E-state index contributed by atoms with van der Waals surface area (Å²) in [6, 6.07) is 17.3. The van der Waals surface area contributed by atoms with Gasteiger partial charge < -0.3 is 59.5 Å². The number of guanidine groups is 2. The van der Waals surface area contributed by atoms with E-state index < -0.39 is 72.0 Å². The van der Waals surface area contributed by atoms with E-state index in [1.54, 1.807) is 37.3 Å². The third kappa shape index (κ3) is 20.8. The quantitative estimate of drug-likeness (QED) is 0.0407. The smallest absolute Gasteiger partial charge is 0.490 e. The number of carboxylic acids is 2. The van der Waals surface area contributed by atoms with Gasteiger partial charge in [-0.1, -0.05) is 66.2 Å². The number of aliphatic carboxylic acids is 2. The van der Waals surface area contributed by atoms with E-state index in [1.165, 1.54) is 0 Å². The molecular weight excluding hydrogens is 903 g/mol. The highest BCUT2D eigenvalue weighted by Gasteiger charge is 2.39. The lowest BCUT2D eigenvalue weighted by Crippen LogP contribution is -2.55. The standard InChI is InChI=1S/C38H50N10O5.2C2HF3O2/c1-23-19-27(10-5-17-43-37(39)40)34(51)47-30(12-6-18-44-38(41)42)36(53)48-32(21-26-9-4-8-25-7-2-3-11-29(25)26)35(52)45-22-33(50)46-31(23)20-24-13-15-28(49)16-14-24;2*3-2(4,5)1(6)7/h2-4,7-9,11,13-16,19,27,30-32,49H,5-6,10,12,17-18,20-22H2,1H3,(H,45,52)(H,46,50)(H,47,51)(H,48,53)(H4,39,40,43)(H4,41,42,44);2*(H,6,7)/b23-19+;;/t27-,30-,31+,32-;;/m0../s1. The zero-order chi connectivity index (χ0) is 50.5. The molecule has 25 heteroatoms. The van der Waals surface area contributed by atoms with E-state index in [9.17, 15) is 50.6 Å². The molecule has 1 aliphatic heterocycles. The predicted molar refractivity (Wildman–Crippen MR) is 233 cm³/mol. The van der Waals surface area contributed by atoms with Crippen molar-refractivity contribution in [2.24, 2.45) is 38.8 Å². The Labute approximate surface area is 379 Å². The van der Waals surface area contributed by atoms with E-state index in [2.05, 4.69) is 31.3 Å². The molecule has 0 aromatic heterocycles. The van der Waals surface area contributed by atoms with Gasteiger partial charge in [-0.25, -0.2) is 9.59 Å². The molecule has 366 valence electrons. The Morgan fingerprint density at radius 3 is 1.75 bits per heavy atom. The largest absolute Gasteiger partial charge is 0.508 e. The molecule has 4 rings (SSSR count). The lowest BCUT2D eigenvalue weighted by atomic mass is 9.93. The van der Waals surface area contributed by atoms with Crippen molar-refractivity contribution in [1.82, 2.24) is 21.3 Å². The number of nitrogens with zero attached hydrogens (tertiary/aromatic N) is 2. The molecule has 0 spiro atoms. The van der Waals surface area contributed by atoms with Crippen LogP contribution in [-0.4, -0.2) is 113 Å². The van der Waals surface area contributed by atoms with Gasteiger partial charge in [0.05, 0.1) is 18.5 Å². The summed E-state index contributed by atoms with van der Waals surface area (Å²) in [4.78, 5) is 81.2. The molecule has 0 unspecified atom stereocenters. The highest BCUT2D eigenvalue weighted by atomic mass is 19.4. The third-order valence-electron chi connectivity index (χ3n) is 9.45. The summed E-state index contributed by atoms with van der Waals surface area (Å²) in [6.07, 6.45) is -6.65. The number of hydrogen-bond acceptors (Lipinski definition) is 9. The first kappa shape index (κ1) is 55.5. The maximum Gasteiger partial charge on any atom is 0.490 e. The lowest BCUT2D eigenvalue weighted by Gasteiger charge is -2.25. The molecule has 0 saturated heterocycles. The number of halogens is 6. The number of aliphatic imine (C=N–C) groups is 2. The zero-order valence-electron chi connectivity index (χ0n) is 35.9. The van der Waals surface area contributed by atoms with Crippen molar-refractivity contribution >= 4 is 58.3 Å². The monoisotopic (exact) mass is 954 g/mol. The number of amides is 4. The Hall–Kier alpha value is -7.60. The summed E-state index contributed by atoms with van der Waals surface area (Å²) in [7, 11) is 0. The number of nitrogens with two attached hydrogens (primary N) is 4. The van der Waals surface area contributed by atoms with Crippen LogP contribution in [0.25, 0.3) is 10.8 Å². The molecule has 0 bridgehead atoms. The van der Waals surface area contributed by atoms with Crippen LogP contribution < -0.4 is 44.2 Å². The van der Waals surface area contributed by atoms with Crippen LogP contribution in [0.5, 0.6) is 5.75 Å². The van der Waals surface area contributed by atoms with E-state index in [0.29, 0.717) is 31.3 Å². The molecule has 3 aromatic rings. The van der Waals surface area contributed by atoms with Crippen molar-refractivity contribution in [3.63, 3.8) is 0 Å². The van der Waals surface area contributed by atoms with E-state index in [-0.39, 0.29) is 50.1 Å². The predicted octanol–water partition coefficient (Wildman–Crippen LogP) is 1.85. The molecule has 3 aromatic carbocycles. The first-order valence-corrected chi connectivity index (χ1v) is 20.1. The molecule has 0 aliphatic carbocycles. The molecular formula is C42H52F6N10O9. The first-order chi connectivity index (χ1) is 31.3. The van der Waals surface area contributed by atoms with Gasteiger partial charge in [-0.2, -0.15) is 26.3 Å². The second-order valence-electron chi connectivity index (χ2n) is 14.7. The summed E-state index contributed by atoms with van der Waals surface area (Å²) in [6.45, 7) is 1.94. The fraction of sp³-hybridized carbons (Fsp3) is 0.381. The number of rotatable bonds is 12. The Morgan fingerprint density at radius 1 is 0.672 bits per heavy atom. The molecule has 0 radical (unpaired) electrons. The van der Waals surface area contributed by atoms with Crippen LogP contribution in [0, 0.1) is 5.92 Å². The van der Waals surface area contributed by atoms with Crippen LogP contribution in [0.15, 0.2) is 88.4 Å². The Balaban J connectivity index is 0.000000952. The number of phenolic OH excluding ortho intramolecular Hbond substituents is 1. The van der Waals surface area contributed by atoms with Crippen LogP contribution in [0.2, 0.25) is 0 Å². The minimum atomic E-state index is -5.08. The van der Waals surface area contributed by atoms with Crippen molar-refractivity contribution in [2.45, 2.75) is 75.9 Å². The summed E-state index contributed by atoms with van der Waals surface area (Å²) in [5.41, 5.74) is 24.4. The van der Waals surface area contributed by atoms with Gasteiger partial charge in [0, 0.05) is 19.5 Å². The molecule has 4 atom stereocenters. The number of alkyl halides is 6. The lowest BCUT2D eigenvalue weighted by molar-refractivity contribution is -0.193. The summed E-state index contributed by atoms with van der Waals surface area (Å²) < 4.78 is 63.5. The van der Waals surface area contributed by atoms with E-state index in [1.807, 2.05) is 42.5 Å². The van der Waals surface area contributed by atoms with Crippen molar-refractivity contribution in [3.05, 3.63) is 89.5 Å². The molecule has 0 fully saturated rings. The van der Waals surface area contributed by atoms with Crippen LogP contribution in [0.1, 0.15) is 43.7 Å². The molecule has 4 amide bonds. The Bertz CT molecular complexity index is 2240. The number of fused-ring (bicyclic) bond motifs is 1. The minimum absolute atomic E-state index is 0.0707. The van der Waals surface area contributed by atoms with E-state index in [4.69, 9.17) is 42.7 Å². The number of aromatic hydroxyl groups is 1. The van der Waals surface area contributed by atoms with E-state index >= 15 is 0 Å². The minimum Gasteiger partial charge on any atom is -0.508 e. The number of carbonyl (C=O) groups excluding carboxylic acids is 4. The molecule has 15 N–H and O–H groups in total. The van der Waals surface area contributed by atoms with Gasteiger partial charge in [0.25, 0.3) is 0 Å². The SMILES string of the molecule is C/C1=C\[C@H](CCCN=C(N)N)C(=O)N[C@@H](CCCN=C(N)N)C(=O)N[C@@H](Cc2cccc3ccccc23)C(=O)NCC(=O)N[C@@H]1Cc1ccc(O)cc1.O=C(O)C(F)(F)F.O=C(O)C(F)(F)F. The summed E-state index contributed by atoms with van der Waals surface area (Å²) >= 11 is 0. The van der Waals surface area contributed by atoms with Gasteiger partial charge in [0.2, 0.25) is 23.6 Å². The maximum atomic E-state index is 14.1. The fourth-order valence-electron chi connectivity index (χ4n) is 6.20. The third-order valence-corrected chi connectivity index (χ3v) is 9.45. The van der Waals surface area contributed by atoms with Crippen molar-refractivity contribution in [3.8, 4) is 5.75 Å². The average molecular weight is 955 g/mol. The highest BCUT2D eigenvalue weighted by molar-refractivity contribution is 5.95. The van der Waals surface area contributed by atoms with Crippen molar-refractivity contribution in [2.75, 3.05) is 19.6 Å². The Kier molecular flexibility index (Phi) is 21.9. The molecule has 19 nitrogen and oxygen atoms in total. The van der Waals surface area contributed by atoms with Crippen molar-refractivity contribution in [1.29, 1.82) is 0 Å². The summed E-state index contributed by atoms with van der Waals surface area (Å²) in [5.74, 6) is -8.37. The molecule has 67 heavy (non-hydrogen) atoms. The normalized spacial score (nSPS) is 19.0. The molecule has 1 heterocycles. The highest BCUT2D eigenvalue weighted by Crippen LogP contribution is 2.22. The van der Waals surface area contributed by atoms with Gasteiger partial charge in [-0.3, -0.25) is 29.2 Å². The number of phenols is 1. The number of benzene rings is 3.